The SMILES string of the molecule is CCCCCCCC/C=C\CCCCCCCC(=O)O.CCC[CH2][AlH2]. The fraction of sp³-hybridized carbons (Fsp3) is 0.864. The van der Waals surface area contributed by atoms with E-state index in [0.29, 0.717) is 6.42 Å². The van der Waals surface area contributed by atoms with Crippen molar-refractivity contribution in [3.05, 3.63) is 12.2 Å². The molecule has 25 heavy (non-hydrogen) atoms. The van der Waals surface area contributed by atoms with Gasteiger partial charge in [0.1, 0.15) is 0 Å². The monoisotopic (exact) mass is 368 g/mol. The Morgan fingerprint density at radius 2 is 1.16 bits per heavy atom. The Labute approximate surface area is 166 Å². The Bertz CT molecular complexity index is 275. The summed E-state index contributed by atoms with van der Waals surface area (Å²) in [4.78, 5) is 10.3. The van der Waals surface area contributed by atoms with Gasteiger partial charge in [-0.1, -0.05) is 90.2 Å². The Morgan fingerprint density at radius 3 is 1.56 bits per heavy atom. The molecule has 0 aliphatic carbocycles. The molecule has 2 nitrogen and oxygen atoms in total. The quantitative estimate of drug-likeness (QED) is 0.171. The maximum atomic E-state index is 10.3. The number of rotatable bonds is 17. The summed E-state index contributed by atoms with van der Waals surface area (Å²) in [6, 6.07) is 0. The lowest BCUT2D eigenvalue weighted by atomic mass is 10.1. The first-order chi connectivity index (χ1) is 12.2. The summed E-state index contributed by atoms with van der Waals surface area (Å²) in [5, 5.41) is 9.99. The van der Waals surface area contributed by atoms with Crippen LogP contribution in [0.2, 0.25) is 5.28 Å². The zero-order valence-corrected chi connectivity index (χ0v) is 19.5. The van der Waals surface area contributed by atoms with Crippen molar-refractivity contribution in [1.29, 1.82) is 0 Å². The second kappa shape index (κ2) is 26.0. The maximum absolute atomic E-state index is 10.3. The lowest BCUT2D eigenvalue weighted by Gasteiger charge is -1.99. The number of carboxylic acid groups (broad SMARTS) is 1. The minimum absolute atomic E-state index is 0.332. The van der Waals surface area contributed by atoms with Crippen molar-refractivity contribution in [2.24, 2.45) is 0 Å². The predicted octanol–water partition coefficient (Wildman–Crippen LogP) is 6.95. The molecule has 0 saturated carbocycles. The highest BCUT2D eigenvalue weighted by Crippen LogP contribution is 2.09. The minimum atomic E-state index is -0.664. The van der Waals surface area contributed by atoms with Crippen LogP contribution in [0.15, 0.2) is 12.2 Å². The third-order valence-corrected chi connectivity index (χ3v) is 5.07. The van der Waals surface area contributed by atoms with Gasteiger partial charge in [-0.05, 0) is 32.1 Å². The van der Waals surface area contributed by atoms with Gasteiger partial charge in [-0.2, -0.15) is 0 Å². The molecular formula is C22H45AlO2. The average Bonchev–Trinajstić information content (AvgIpc) is 2.59. The van der Waals surface area contributed by atoms with E-state index in [1.54, 1.807) is 0 Å². The van der Waals surface area contributed by atoms with Crippen molar-refractivity contribution in [1.82, 2.24) is 0 Å². The summed E-state index contributed by atoms with van der Waals surface area (Å²) in [7, 11) is 0. The smallest absolute Gasteiger partial charge is 0.303 e. The van der Waals surface area contributed by atoms with Gasteiger partial charge in [0.15, 0.2) is 0 Å². The Balaban J connectivity index is 0. The van der Waals surface area contributed by atoms with E-state index in [2.05, 4.69) is 26.0 Å². The normalized spacial score (nSPS) is 10.6. The molecule has 0 spiro atoms. The molecule has 0 aliphatic heterocycles. The molecule has 3 heteroatoms. The van der Waals surface area contributed by atoms with E-state index in [-0.39, 0.29) is 0 Å². The molecule has 0 aromatic heterocycles. The lowest BCUT2D eigenvalue weighted by molar-refractivity contribution is -0.137. The Kier molecular flexibility index (Phi) is 28.0. The van der Waals surface area contributed by atoms with E-state index < -0.39 is 5.97 Å². The van der Waals surface area contributed by atoms with Gasteiger partial charge < -0.3 is 5.11 Å². The van der Waals surface area contributed by atoms with Crippen LogP contribution in [0, 0.1) is 0 Å². The third kappa shape index (κ3) is 32.0. The number of hydrogen-bond donors (Lipinski definition) is 1. The molecule has 0 radical (unpaired) electrons. The van der Waals surface area contributed by atoms with E-state index in [1.807, 2.05) is 0 Å². The van der Waals surface area contributed by atoms with Gasteiger partial charge in [0.25, 0.3) is 0 Å². The first-order valence-electron chi connectivity index (χ1n) is 11.1. The van der Waals surface area contributed by atoms with Crippen LogP contribution >= 0.6 is 0 Å². The molecule has 0 unspecified atom stereocenters. The third-order valence-electron chi connectivity index (χ3n) is 4.36. The van der Waals surface area contributed by atoms with Crippen LogP contribution in [0.25, 0.3) is 0 Å². The highest BCUT2D eigenvalue weighted by Gasteiger charge is 1.95. The lowest BCUT2D eigenvalue weighted by Crippen LogP contribution is -1.93. The molecule has 0 atom stereocenters. The molecule has 0 aromatic carbocycles. The first kappa shape index (κ1) is 27.0. The van der Waals surface area contributed by atoms with Gasteiger partial charge >= 0.3 is 5.97 Å². The largest absolute Gasteiger partial charge is 0.481 e. The minimum Gasteiger partial charge on any atom is -0.481 e. The number of hydrogen-bond acceptors (Lipinski definition) is 1. The van der Waals surface area contributed by atoms with Gasteiger partial charge in [-0.15, -0.1) is 5.28 Å². The van der Waals surface area contributed by atoms with Crippen LogP contribution in [0.5, 0.6) is 0 Å². The number of carbonyl (C=O) groups is 1. The van der Waals surface area contributed by atoms with E-state index in [4.69, 9.17) is 5.11 Å². The van der Waals surface area contributed by atoms with Gasteiger partial charge in [0.05, 0.1) is 0 Å². The van der Waals surface area contributed by atoms with E-state index in [9.17, 15) is 4.79 Å². The van der Waals surface area contributed by atoms with E-state index in [1.165, 1.54) is 105 Å². The van der Waals surface area contributed by atoms with Crippen LogP contribution in [0.3, 0.4) is 0 Å². The van der Waals surface area contributed by atoms with Gasteiger partial charge in [0.2, 0.25) is 16.3 Å². The molecule has 0 bridgehead atoms. The molecule has 0 aromatic rings. The van der Waals surface area contributed by atoms with E-state index >= 15 is 0 Å². The predicted molar refractivity (Wildman–Crippen MR) is 115 cm³/mol. The highest BCUT2D eigenvalue weighted by molar-refractivity contribution is 6.08. The number of aliphatic carboxylic acids is 1. The highest BCUT2D eigenvalue weighted by atomic mass is 27.0. The first-order valence-corrected chi connectivity index (χ1v) is 12.5. The summed E-state index contributed by atoms with van der Waals surface area (Å²) in [5.41, 5.74) is 0. The van der Waals surface area contributed by atoms with Crippen molar-refractivity contribution < 1.29 is 9.90 Å². The molecular weight excluding hydrogens is 323 g/mol. The fourth-order valence-electron chi connectivity index (χ4n) is 2.70. The van der Waals surface area contributed by atoms with Crippen LogP contribution in [0.1, 0.15) is 117 Å². The van der Waals surface area contributed by atoms with E-state index in [0.717, 1.165) is 12.8 Å². The van der Waals surface area contributed by atoms with Crippen molar-refractivity contribution >= 4 is 22.3 Å². The summed E-state index contributed by atoms with van der Waals surface area (Å²) in [5.74, 6) is -0.664. The summed E-state index contributed by atoms with van der Waals surface area (Å²) in [6.07, 6.45) is 24.1. The molecule has 1 N–H and O–H groups in total. The Hall–Kier alpha value is -0.258. The van der Waals surface area contributed by atoms with Crippen LogP contribution in [-0.2, 0) is 4.79 Å². The van der Waals surface area contributed by atoms with Crippen molar-refractivity contribution in [2.75, 3.05) is 0 Å². The molecule has 0 aliphatic rings. The number of unbranched alkanes of at least 4 members (excludes halogenated alkanes) is 12. The molecule has 0 fully saturated rings. The second-order valence-corrected chi connectivity index (χ2v) is 8.08. The van der Waals surface area contributed by atoms with Gasteiger partial charge in [-0.25, -0.2) is 0 Å². The molecule has 0 saturated heterocycles. The Morgan fingerprint density at radius 1 is 0.720 bits per heavy atom. The van der Waals surface area contributed by atoms with Crippen molar-refractivity contribution in [3.8, 4) is 0 Å². The molecule has 148 valence electrons. The average molecular weight is 369 g/mol. The summed E-state index contributed by atoms with van der Waals surface area (Å²) in [6.45, 7) is 4.49. The molecule has 0 amide bonds. The van der Waals surface area contributed by atoms with Crippen molar-refractivity contribution in [3.63, 3.8) is 0 Å². The van der Waals surface area contributed by atoms with Crippen LogP contribution in [0.4, 0.5) is 0 Å². The second-order valence-electron chi connectivity index (χ2n) is 7.08. The zero-order chi connectivity index (χ0) is 19.0. The van der Waals surface area contributed by atoms with Crippen LogP contribution in [-0.4, -0.2) is 27.4 Å². The molecule has 0 rings (SSSR count). The topological polar surface area (TPSA) is 37.3 Å². The molecule has 0 heterocycles. The number of carboxylic acids is 1. The van der Waals surface area contributed by atoms with Crippen molar-refractivity contribution in [2.45, 2.75) is 122 Å². The number of allylic oxidation sites excluding steroid dienone is 2. The van der Waals surface area contributed by atoms with Gasteiger partial charge in [-0.3, -0.25) is 4.79 Å². The fourth-order valence-corrected chi connectivity index (χ4v) is 3.41. The zero-order valence-electron chi connectivity index (χ0n) is 17.5. The summed E-state index contributed by atoms with van der Waals surface area (Å²) < 4.78 is 0. The standard InChI is InChI=1S/C18H34O2.C4H9.Al.2H/c1-2-3-4-5-6-7-8-9-10-11-12-13-14-15-16-17-18(19)20;1-3-4-2;;;/h9-10H,2-8,11-17H2,1H3,(H,19,20);1,3-4H2,2H3;;;/b10-9-;;;;. The van der Waals surface area contributed by atoms with Crippen LogP contribution < -0.4 is 0 Å². The maximum Gasteiger partial charge on any atom is 0.303 e. The summed E-state index contributed by atoms with van der Waals surface area (Å²) >= 11 is 1.40. The van der Waals surface area contributed by atoms with Gasteiger partial charge in [0, 0.05) is 6.42 Å².